The Bertz CT molecular complexity index is 542. The third-order valence-electron chi connectivity index (χ3n) is 3.34. The molecule has 0 atom stereocenters. The summed E-state index contributed by atoms with van der Waals surface area (Å²) in [7, 11) is 0. The molecule has 20 heavy (non-hydrogen) atoms. The molecule has 7 heteroatoms. The molecule has 6 nitrogen and oxygen atoms in total. The van der Waals surface area contributed by atoms with Crippen molar-refractivity contribution in [1.29, 1.82) is 0 Å². The molecule has 2 amide bonds. The number of nitrogens with one attached hydrogen (secondary N) is 1. The number of hydrogen-bond acceptors (Lipinski definition) is 4. The lowest BCUT2D eigenvalue weighted by Crippen LogP contribution is -2.54. The maximum Gasteiger partial charge on any atom is 0.248 e. The lowest BCUT2D eigenvalue weighted by Gasteiger charge is -2.31. The van der Waals surface area contributed by atoms with Gasteiger partial charge in [0.15, 0.2) is 0 Å². The number of carbonyl (C=O) groups is 2. The van der Waals surface area contributed by atoms with Gasteiger partial charge in [-0.05, 0) is 31.0 Å². The van der Waals surface area contributed by atoms with E-state index in [0.29, 0.717) is 26.1 Å². The number of anilines is 1. The van der Waals surface area contributed by atoms with E-state index in [0.717, 1.165) is 6.07 Å². The highest BCUT2D eigenvalue weighted by Gasteiger charge is 2.36. The zero-order valence-electron chi connectivity index (χ0n) is 10.8. The normalized spacial score (nSPS) is 17.5. The molecule has 1 heterocycles. The maximum atomic E-state index is 13.7. The van der Waals surface area contributed by atoms with Crippen molar-refractivity contribution in [2.45, 2.75) is 18.4 Å². The molecule has 1 fully saturated rings. The van der Waals surface area contributed by atoms with Gasteiger partial charge < -0.3 is 21.5 Å². The van der Waals surface area contributed by atoms with Gasteiger partial charge in [-0.2, -0.15) is 0 Å². The number of amides is 2. The first-order valence-electron chi connectivity index (χ1n) is 6.20. The third kappa shape index (κ3) is 2.94. The number of ether oxygens (including phenoxy) is 1. The highest BCUT2D eigenvalue weighted by atomic mass is 19.1. The molecule has 0 spiro atoms. The molecule has 1 aliphatic heterocycles. The number of hydrogen-bond donors (Lipinski definition) is 3. The van der Waals surface area contributed by atoms with E-state index in [1.54, 1.807) is 0 Å². The van der Waals surface area contributed by atoms with E-state index in [4.69, 9.17) is 16.2 Å². The molecular weight excluding hydrogens is 265 g/mol. The number of primary amides is 1. The monoisotopic (exact) mass is 281 g/mol. The number of carbonyl (C=O) groups excluding carboxylic acids is 2. The van der Waals surface area contributed by atoms with Crippen molar-refractivity contribution >= 4 is 17.5 Å². The zero-order chi connectivity index (χ0) is 14.8. The average molecular weight is 281 g/mol. The molecule has 1 aromatic rings. The standard InChI is InChI=1S/C13H16FN3O3/c14-9-2-1-8(11(15)18)7-10(9)17-12(19)13(16)3-5-20-6-4-13/h1-2,7H,3-6,16H2,(H2,15,18)(H,17,19). The number of nitrogens with two attached hydrogens (primary N) is 2. The van der Waals surface area contributed by atoms with E-state index in [-0.39, 0.29) is 11.3 Å². The van der Waals surface area contributed by atoms with Crippen molar-refractivity contribution in [2.24, 2.45) is 11.5 Å². The maximum absolute atomic E-state index is 13.7. The van der Waals surface area contributed by atoms with Crippen LogP contribution in [0.2, 0.25) is 0 Å². The van der Waals surface area contributed by atoms with Crippen LogP contribution in [0.3, 0.4) is 0 Å². The number of halogens is 1. The van der Waals surface area contributed by atoms with E-state index < -0.39 is 23.2 Å². The minimum absolute atomic E-state index is 0.109. The van der Waals surface area contributed by atoms with Crippen LogP contribution in [0.5, 0.6) is 0 Å². The van der Waals surface area contributed by atoms with E-state index in [2.05, 4.69) is 5.32 Å². The minimum atomic E-state index is -1.09. The van der Waals surface area contributed by atoms with Crippen LogP contribution < -0.4 is 16.8 Å². The third-order valence-corrected chi connectivity index (χ3v) is 3.34. The van der Waals surface area contributed by atoms with Gasteiger partial charge >= 0.3 is 0 Å². The lowest BCUT2D eigenvalue weighted by atomic mass is 9.90. The summed E-state index contributed by atoms with van der Waals surface area (Å²) < 4.78 is 18.8. The first-order valence-corrected chi connectivity index (χ1v) is 6.20. The molecule has 5 N–H and O–H groups in total. The van der Waals surface area contributed by atoms with Crippen molar-refractivity contribution in [2.75, 3.05) is 18.5 Å². The second-order valence-electron chi connectivity index (χ2n) is 4.78. The summed E-state index contributed by atoms with van der Waals surface area (Å²) in [6.07, 6.45) is 0.714. The molecule has 0 radical (unpaired) electrons. The SMILES string of the molecule is NC(=O)c1ccc(F)c(NC(=O)C2(N)CCOCC2)c1. The Kier molecular flexibility index (Phi) is 4.01. The topological polar surface area (TPSA) is 107 Å². The molecule has 1 saturated heterocycles. The van der Waals surface area contributed by atoms with Gasteiger partial charge in [0.1, 0.15) is 11.4 Å². The summed E-state index contributed by atoms with van der Waals surface area (Å²) in [5, 5.41) is 2.41. The van der Waals surface area contributed by atoms with Crippen LogP contribution in [-0.2, 0) is 9.53 Å². The van der Waals surface area contributed by atoms with Gasteiger partial charge in [-0.25, -0.2) is 4.39 Å². The van der Waals surface area contributed by atoms with E-state index >= 15 is 0 Å². The van der Waals surface area contributed by atoms with Gasteiger partial charge in [0.2, 0.25) is 11.8 Å². The highest BCUT2D eigenvalue weighted by molar-refractivity contribution is 6.00. The Morgan fingerprint density at radius 2 is 1.95 bits per heavy atom. The van der Waals surface area contributed by atoms with Gasteiger partial charge in [-0.1, -0.05) is 0 Å². The molecule has 0 saturated carbocycles. The molecule has 2 rings (SSSR count). The largest absolute Gasteiger partial charge is 0.381 e. The Morgan fingerprint density at radius 1 is 1.30 bits per heavy atom. The molecule has 0 bridgehead atoms. The van der Waals surface area contributed by atoms with E-state index in [1.807, 2.05) is 0 Å². The van der Waals surface area contributed by atoms with Crippen LogP contribution in [0, 0.1) is 5.82 Å². The van der Waals surface area contributed by atoms with Gasteiger partial charge in [0.05, 0.1) is 5.69 Å². The molecule has 108 valence electrons. The Labute approximate surface area is 115 Å². The first-order chi connectivity index (χ1) is 9.42. The molecule has 1 aliphatic rings. The van der Waals surface area contributed by atoms with Gasteiger partial charge in [0.25, 0.3) is 0 Å². The predicted octanol–water partition coefficient (Wildman–Crippen LogP) is 0.371. The summed E-state index contributed by atoms with van der Waals surface area (Å²) >= 11 is 0. The smallest absolute Gasteiger partial charge is 0.248 e. The van der Waals surface area contributed by atoms with Crippen LogP contribution in [0.4, 0.5) is 10.1 Å². The van der Waals surface area contributed by atoms with E-state index in [9.17, 15) is 14.0 Å². The van der Waals surface area contributed by atoms with Crippen molar-refractivity contribution < 1.29 is 18.7 Å². The molecule has 0 unspecified atom stereocenters. The Balaban J connectivity index is 2.18. The zero-order valence-corrected chi connectivity index (χ0v) is 10.8. The molecule has 1 aromatic carbocycles. The summed E-state index contributed by atoms with van der Waals surface area (Å²) in [6, 6.07) is 3.51. The van der Waals surface area contributed by atoms with Crippen LogP contribution in [0.1, 0.15) is 23.2 Å². The van der Waals surface area contributed by atoms with Gasteiger partial charge in [-0.3, -0.25) is 9.59 Å². The minimum Gasteiger partial charge on any atom is -0.381 e. The summed E-state index contributed by atoms with van der Waals surface area (Å²) in [4.78, 5) is 23.2. The van der Waals surface area contributed by atoms with Crippen molar-refractivity contribution in [3.05, 3.63) is 29.6 Å². The summed E-state index contributed by atoms with van der Waals surface area (Å²) in [5.41, 5.74) is 10.0. The predicted molar refractivity (Wildman–Crippen MR) is 70.5 cm³/mol. The summed E-state index contributed by atoms with van der Waals surface area (Å²) in [6.45, 7) is 0.765. The van der Waals surface area contributed by atoms with Gasteiger partial charge in [0, 0.05) is 18.8 Å². The number of rotatable bonds is 3. The van der Waals surface area contributed by atoms with Gasteiger partial charge in [-0.15, -0.1) is 0 Å². The molecule has 0 aromatic heterocycles. The van der Waals surface area contributed by atoms with Crippen LogP contribution in [-0.4, -0.2) is 30.6 Å². The second-order valence-corrected chi connectivity index (χ2v) is 4.78. The first kappa shape index (κ1) is 14.4. The molecular formula is C13H16FN3O3. The Hall–Kier alpha value is -1.99. The fraction of sp³-hybridized carbons (Fsp3) is 0.385. The van der Waals surface area contributed by atoms with Crippen LogP contribution in [0.25, 0.3) is 0 Å². The quantitative estimate of drug-likeness (QED) is 0.744. The lowest BCUT2D eigenvalue weighted by molar-refractivity contribution is -0.124. The second kappa shape index (κ2) is 5.56. The summed E-state index contributed by atoms with van der Waals surface area (Å²) in [5.74, 6) is -1.85. The van der Waals surface area contributed by atoms with Crippen LogP contribution >= 0.6 is 0 Å². The Morgan fingerprint density at radius 3 is 2.55 bits per heavy atom. The average Bonchev–Trinajstić information content (AvgIpc) is 2.41. The van der Waals surface area contributed by atoms with Crippen molar-refractivity contribution in [3.8, 4) is 0 Å². The highest BCUT2D eigenvalue weighted by Crippen LogP contribution is 2.22. The van der Waals surface area contributed by atoms with Crippen molar-refractivity contribution in [3.63, 3.8) is 0 Å². The number of benzene rings is 1. The molecule has 0 aliphatic carbocycles. The van der Waals surface area contributed by atoms with Crippen molar-refractivity contribution in [1.82, 2.24) is 0 Å². The fourth-order valence-electron chi connectivity index (χ4n) is 1.98. The van der Waals surface area contributed by atoms with E-state index in [1.165, 1.54) is 12.1 Å². The van der Waals surface area contributed by atoms with Crippen LogP contribution in [0.15, 0.2) is 18.2 Å². The fourth-order valence-corrected chi connectivity index (χ4v) is 1.98.